The highest BCUT2D eigenvalue weighted by Gasteiger charge is 2.26. The second-order valence-corrected chi connectivity index (χ2v) is 23.7. The minimum atomic E-state index is 0. The largest absolute Gasteiger partial charge is 0.353 e. The monoisotopic (exact) mass is 1150 g/mol. The van der Waals surface area contributed by atoms with Crippen molar-refractivity contribution in [1.82, 2.24) is 19.1 Å². The highest BCUT2D eigenvalue weighted by molar-refractivity contribution is 6.27. The Morgan fingerprint density at radius 2 is 0.644 bits per heavy atom. The van der Waals surface area contributed by atoms with E-state index >= 15 is 0 Å². The van der Waals surface area contributed by atoms with Crippen LogP contribution in [0, 0.1) is 0 Å². The molecular formula is C86H60N4. The lowest BCUT2D eigenvalue weighted by molar-refractivity contribution is 1.19. The molecule has 0 bridgehead atoms. The molecule has 4 nitrogen and oxygen atoms in total. The van der Waals surface area contributed by atoms with Gasteiger partial charge in [0.25, 0.3) is 0 Å². The molecule has 14 aromatic carbocycles. The summed E-state index contributed by atoms with van der Waals surface area (Å²) in [6.07, 6.45) is 2.33. The van der Waals surface area contributed by atoms with E-state index in [1.165, 1.54) is 149 Å². The Kier molecular flexibility index (Phi) is 11.9. The fourth-order valence-corrected chi connectivity index (χ4v) is 14.4. The molecule has 19 rings (SSSR count). The zero-order valence-electron chi connectivity index (χ0n) is 49.1. The van der Waals surface area contributed by atoms with Crippen LogP contribution in [-0.2, 0) is 0 Å². The first-order valence-corrected chi connectivity index (χ1v) is 31.0. The number of benzene rings is 14. The van der Waals surface area contributed by atoms with E-state index in [1.807, 2.05) is 0 Å². The summed E-state index contributed by atoms with van der Waals surface area (Å²) in [5, 5.41) is 9.98. The van der Waals surface area contributed by atoms with Crippen molar-refractivity contribution in [2.24, 2.45) is 0 Å². The van der Waals surface area contributed by atoms with Crippen molar-refractivity contribution in [3.05, 3.63) is 338 Å². The number of H-pyrrole nitrogens is 2. The van der Waals surface area contributed by atoms with Crippen molar-refractivity contribution in [1.29, 1.82) is 0 Å². The molecule has 1 aliphatic carbocycles. The summed E-state index contributed by atoms with van der Waals surface area (Å²) >= 11 is 0. The number of aromatic amines is 2. The van der Waals surface area contributed by atoms with Gasteiger partial charge >= 0.3 is 0 Å². The van der Waals surface area contributed by atoms with Gasteiger partial charge in [0.15, 0.2) is 0 Å². The van der Waals surface area contributed by atoms with E-state index in [-0.39, 0.29) is 2.85 Å². The third-order valence-corrected chi connectivity index (χ3v) is 18.6. The average molecular weight is 1150 g/mol. The smallest absolute Gasteiger partial charge is 0.0804 e. The van der Waals surface area contributed by atoms with E-state index in [2.05, 4.69) is 347 Å². The van der Waals surface area contributed by atoms with Gasteiger partial charge in [-0.2, -0.15) is 0 Å². The van der Waals surface area contributed by atoms with Gasteiger partial charge in [0.1, 0.15) is 0 Å². The molecule has 4 heteroatoms. The molecule has 0 saturated carbocycles. The standard InChI is InChI=1S/C50H32N2.C36H24N2.2H2/c1-3-11-32(12-4-1)29-43-41-18-10-9-17-40(41)42-26-21-36(30-44(42)43)37-23-28-47-45(31-37)49-50(48-39-16-8-7-15-35(39)22-27-46(48)51-49)52(47)38-24-19-34(20-25-38)33-13-5-2-6-14-33;1-3-9-24(10-4-1)26-15-19-29(20-16-26)38-33-22-18-28(25-11-5-2-6-12-25)23-31(33)35-36(38)34-30-14-8-7-13-27(30)17-21-32(34)37-35;;/h1-31,51H;1-23,37H;2*1H/b43-29+;;;. The SMILES string of the molecule is C(=C1/c2ccccc2-c2ccc(-c3ccc4c(c3)c3[nH]c5ccc6ccccc6c5c3n4-c3ccc(-c4ccccc4)cc3)cc21)/c1ccccc1.[HH].[HH].c1ccc(-c2ccc(-n3c4ccc(-c5ccccc5)cc4c4[nH]c5ccc6ccccc6c5c43)cc2)cc1. The van der Waals surface area contributed by atoms with Crippen LogP contribution in [-0.4, -0.2) is 19.1 Å². The first-order chi connectivity index (χ1) is 44.6. The lowest BCUT2D eigenvalue weighted by atomic mass is 9.96. The quantitative estimate of drug-likeness (QED) is 0.160. The van der Waals surface area contributed by atoms with Gasteiger partial charge in [0.2, 0.25) is 0 Å². The van der Waals surface area contributed by atoms with Gasteiger partial charge in [-0.05, 0) is 172 Å². The molecule has 18 aromatic rings. The third-order valence-electron chi connectivity index (χ3n) is 18.6. The van der Waals surface area contributed by atoms with Crippen molar-refractivity contribution >= 4 is 98.9 Å². The van der Waals surface area contributed by atoms with Crippen molar-refractivity contribution in [2.45, 2.75) is 0 Å². The van der Waals surface area contributed by atoms with Crippen molar-refractivity contribution < 1.29 is 2.85 Å². The van der Waals surface area contributed by atoms with Crippen LogP contribution < -0.4 is 0 Å². The first-order valence-electron chi connectivity index (χ1n) is 31.0. The van der Waals surface area contributed by atoms with Gasteiger partial charge < -0.3 is 19.1 Å². The van der Waals surface area contributed by atoms with Crippen LogP contribution >= 0.6 is 0 Å². The molecule has 424 valence electrons. The van der Waals surface area contributed by atoms with Crippen LogP contribution in [0.15, 0.2) is 322 Å². The van der Waals surface area contributed by atoms with E-state index in [0.29, 0.717) is 0 Å². The Bertz CT molecular complexity index is 5860. The van der Waals surface area contributed by atoms with E-state index in [9.17, 15) is 0 Å². The van der Waals surface area contributed by atoms with Crippen LogP contribution in [0.3, 0.4) is 0 Å². The number of aromatic nitrogens is 4. The number of hydrogen-bond acceptors (Lipinski definition) is 0. The first kappa shape index (κ1) is 51.3. The number of nitrogens with one attached hydrogen (secondary N) is 2. The molecule has 0 saturated heterocycles. The Hall–Kier alpha value is -12.0. The summed E-state index contributed by atoms with van der Waals surface area (Å²) in [5.74, 6) is 0. The predicted octanol–water partition coefficient (Wildman–Crippen LogP) is 23.6. The summed E-state index contributed by atoms with van der Waals surface area (Å²) in [6, 6.07) is 116. The topological polar surface area (TPSA) is 41.4 Å². The zero-order valence-corrected chi connectivity index (χ0v) is 49.1. The van der Waals surface area contributed by atoms with Crippen molar-refractivity contribution in [3.8, 4) is 67.0 Å². The lowest BCUT2D eigenvalue weighted by Gasteiger charge is -2.11. The fraction of sp³-hybridized carbons (Fsp3) is 0. The number of fused-ring (bicyclic) bond motifs is 17. The van der Waals surface area contributed by atoms with Crippen molar-refractivity contribution in [3.63, 3.8) is 0 Å². The summed E-state index contributed by atoms with van der Waals surface area (Å²) < 4.78 is 4.88. The predicted molar refractivity (Wildman–Crippen MR) is 385 cm³/mol. The molecule has 0 spiro atoms. The second kappa shape index (κ2) is 20.9. The van der Waals surface area contributed by atoms with Gasteiger partial charge in [-0.3, -0.25) is 0 Å². The summed E-state index contributed by atoms with van der Waals surface area (Å²) in [7, 11) is 0. The molecule has 0 atom stereocenters. The molecule has 0 unspecified atom stereocenters. The van der Waals surface area contributed by atoms with E-state index in [1.54, 1.807) is 0 Å². The Labute approximate surface area is 523 Å². The molecular weight excluding hydrogens is 1090 g/mol. The van der Waals surface area contributed by atoms with Crippen molar-refractivity contribution in [2.75, 3.05) is 0 Å². The molecule has 0 radical (unpaired) electrons. The summed E-state index contributed by atoms with van der Waals surface area (Å²) in [6.45, 7) is 0. The Balaban J connectivity index is 0.000000150. The van der Waals surface area contributed by atoms with Gasteiger partial charge in [-0.25, -0.2) is 0 Å². The number of hydrogen-bond donors (Lipinski definition) is 2. The average Bonchev–Trinajstić information content (AvgIpc) is 1.56. The molecule has 1 aliphatic rings. The second-order valence-electron chi connectivity index (χ2n) is 23.7. The van der Waals surface area contributed by atoms with Gasteiger partial charge in [-0.1, -0.05) is 255 Å². The minimum absolute atomic E-state index is 0. The molecule has 0 aliphatic heterocycles. The van der Waals surface area contributed by atoms with Crippen LogP contribution in [0.4, 0.5) is 0 Å². The fourth-order valence-electron chi connectivity index (χ4n) is 14.4. The van der Waals surface area contributed by atoms with Crippen LogP contribution in [0.5, 0.6) is 0 Å². The Morgan fingerprint density at radius 1 is 0.267 bits per heavy atom. The normalized spacial score (nSPS) is 12.5. The van der Waals surface area contributed by atoms with Crippen LogP contribution in [0.2, 0.25) is 0 Å². The van der Waals surface area contributed by atoms with Gasteiger partial charge in [-0.15, -0.1) is 0 Å². The third kappa shape index (κ3) is 8.38. The number of nitrogens with zero attached hydrogens (tertiary/aromatic N) is 2. The lowest BCUT2D eigenvalue weighted by Crippen LogP contribution is -1.94. The van der Waals surface area contributed by atoms with E-state index < -0.39 is 0 Å². The van der Waals surface area contributed by atoms with Gasteiger partial charge in [0.05, 0.1) is 33.1 Å². The molecule has 0 fully saturated rings. The van der Waals surface area contributed by atoms with Crippen LogP contribution in [0.1, 0.15) is 19.5 Å². The summed E-state index contributed by atoms with van der Waals surface area (Å²) in [4.78, 5) is 7.68. The molecule has 2 N–H and O–H groups in total. The van der Waals surface area contributed by atoms with Gasteiger partial charge in [0, 0.05) is 46.8 Å². The Morgan fingerprint density at radius 3 is 1.16 bits per heavy atom. The minimum Gasteiger partial charge on any atom is -0.353 e. The van der Waals surface area contributed by atoms with E-state index in [4.69, 9.17) is 0 Å². The molecule has 4 aromatic heterocycles. The molecule has 4 heterocycles. The highest BCUT2D eigenvalue weighted by atomic mass is 15.0. The molecule has 90 heavy (non-hydrogen) atoms. The maximum atomic E-state index is 3.88. The maximum Gasteiger partial charge on any atom is 0.0804 e. The van der Waals surface area contributed by atoms with E-state index in [0.717, 1.165) is 27.9 Å². The highest BCUT2D eigenvalue weighted by Crippen LogP contribution is 2.48. The number of rotatable bonds is 7. The molecule has 0 amide bonds. The maximum absolute atomic E-state index is 3.88. The zero-order chi connectivity index (χ0) is 59.2. The summed E-state index contributed by atoms with van der Waals surface area (Å²) in [5.41, 5.74) is 29.2. The van der Waals surface area contributed by atoms with Crippen LogP contribution in [0.25, 0.3) is 166 Å².